The Labute approximate surface area is 106 Å². The third-order valence-electron chi connectivity index (χ3n) is 2.32. The maximum absolute atomic E-state index is 11.9. The Morgan fingerprint density at radius 1 is 1.32 bits per heavy atom. The summed E-state index contributed by atoms with van der Waals surface area (Å²) in [6, 6.07) is 4.41. The van der Waals surface area contributed by atoms with E-state index in [0.717, 1.165) is 18.6 Å². The quantitative estimate of drug-likeness (QED) is 0.903. The van der Waals surface area contributed by atoms with Crippen molar-refractivity contribution in [2.24, 2.45) is 0 Å². The predicted molar refractivity (Wildman–Crippen MR) is 59.4 cm³/mol. The van der Waals surface area contributed by atoms with E-state index in [2.05, 4.69) is 10.1 Å². The minimum Gasteiger partial charge on any atom is -0.406 e. The Balaban J connectivity index is 1.93. The lowest BCUT2D eigenvalue weighted by atomic mass is 10.3. The lowest BCUT2D eigenvalue weighted by Gasteiger charge is -2.15. The van der Waals surface area contributed by atoms with E-state index >= 15 is 0 Å². The molecule has 1 aromatic carbocycles. The van der Waals surface area contributed by atoms with E-state index in [4.69, 9.17) is 4.84 Å². The molecule has 1 saturated heterocycles. The molecular formula is C11H11F3N2O3. The number of hydrogen-bond donors (Lipinski definition) is 1. The van der Waals surface area contributed by atoms with Crippen LogP contribution < -0.4 is 10.1 Å². The number of ether oxygens (including phenoxy) is 1. The number of hydrogen-bond acceptors (Lipinski definition) is 3. The first-order valence-electron chi connectivity index (χ1n) is 5.51. The van der Waals surface area contributed by atoms with Gasteiger partial charge in [-0.3, -0.25) is 4.84 Å². The fourth-order valence-corrected chi connectivity index (χ4v) is 1.53. The number of alkyl halides is 3. The first-order chi connectivity index (χ1) is 8.94. The molecule has 2 amide bonds. The van der Waals surface area contributed by atoms with Crippen LogP contribution in [0.15, 0.2) is 24.3 Å². The molecule has 1 aliphatic heterocycles. The number of anilines is 1. The SMILES string of the molecule is O=C(Nc1ccc(OC(F)(F)F)cc1)N1CCCO1. The van der Waals surface area contributed by atoms with Gasteiger partial charge in [-0.2, -0.15) is 0 Å². The van der Waals surface area contributed by atoms with Gasteiger partial charge in [-0.05, 0) is 30.7 Å². The van der Waals surface area contributed by atoms with Crippen molar-refractivity contribution in [3.05, 3.63) is 24.3 Å². The van der Waals surface area contributed by atoms with Gasteiger partial charge in [-0.1, -0.05) is 0 Å². The van der Waals surface area contributed by atoms with Gasteiger partial charge in [-0.25, -0.2) is 9.86 Å². The van der Waals surface area contributed by atoms with E-state index in [-0.39, 0.29) is 5.75 Å². The Bertz CT molecular complexity index is 441. The second-order valence-corrected chi connectivity index (χ2v) is 3.79. The molecule has 0 atom stereocenters. The summed E-state index contributed by atoms with van der Waals surface area (Å²) in [5, 5.41) is 3.67. The van der Waals surface area contributed by atoms with Crippen LogP contribution in [-0.2, 0) is 4.84 Å². The van der Waals surface area contributed by atoms with Gasteiger partial charge in [0.2, 0.25) is 0 Å². The van der Waals surface area contributed by atoms with E-state index in [0.29, 0.717) is 18.8 Å². The molecule has 0 bridgehead atoms. The number of carbonyl (C=O) groups is 1. The Morgan fingerprint density at radius 2 is 2.00 bits per heavy atom. The topological polar surface area (TPSA) is 50.8 Å². The smallest absolute Gasteiger partial charge is 0.406 e. The second kappa shape index (κ2) is 5.35. The number of halogens is 3. The summed E-state index contributed by atoms with van der Waals surface area (Å²) >= 11 is 0. The van der Waals surface area contributed by atoms with Crippen LogP contribution in [0.2, 0.25) is 0 Å². The Kier molecular flexibility index (Phi) is 3.79. The van der Waals surface area contributed by atoms with Crippen molar-refractivity contribution < 1.29 is 27.5 Å². The highest BCUT2D eigenvalue weighted by atomic mass is 19.4. The number of urea groups is 1. The summed E-state index contributed by atoms with van der Waals surface area (Å²) in [5.41, 5.74) is 0.357. The average molecular weight is 276 g/mol. The highest BCUT2D eigenvalue weighted by Gasteiger charge is 2.31. The van der Waals surface area contributed by atoms with Gasteiger partial charge in [0, 0.05) is 5.69 Å². The molecule has 0 aliphatic carbocycles. The minimum atomic E-state index is -4.73. The van der Waals surface area contributed by atoms with E-state index in [9.17, 15) is 18.0 Å². The summed E-state index contributed by atoms with van der Waals surface area (Å²) in [6.07, 6.45) is -3.97. The maximum atomic E-state index is 11.9. The zero-order valence-corrected chi connectivity index (χ0v) is 9.74. The number of benzene rings is 1. The number of nitrogens with zero attached hydrogens (tertiary/aromatic N) is 1. The van der Waals surface area contributed by atoms with E-state index < -0.39 is 12.4 Å². The molecule has 104 valence electrons. The third-order valence-corrected chi connectivity index (χ3v) is 2.32. The Morgan fingerprint density at radius 3 is 2.53 bits per heavy atom. The molecule has 1 aliphatic rings. The van der Waals surface area contributed by atoms with Crippen molar-refractivity contribution in [2.75, 3.05) is 18.5 Å². The summed E-state index contributed by atoms with van der Waals surface area (Å²) in [5.74, 6) is -0.345. The van der Waals surface area contributed by atoms with Crippen LogP contribution in [0.3, 0.4) is 0 Å². The van der Waals surface area contributed by atoms with Gasteiger partial charge in [0.05, 0.1) is 13.2 Å². The van der Waals surface area contributed by atoms with Crippen LogP contribution in [0.1, 0.15) is 6.42 Å². The lowest BCUT2D eigenvalue weighted by Crippen LogP contribution is -2.31. The van der Waals surface area contributed by atoms with Crippen LogP contribution in [-0.4, -0.2) is 30.6 Å². The largest absolute Gasteiger partial charge is 0.573 e. The number of rotatable bonds is 2. The fourth-order valence-electron chi connectivity index (χ4n) is 1.53. The highest BCUT2D eigenvalue weighted by molar-refractivity contribution is 5.88. The van der Waals surface area contributed by atoms with E-state index in [1.54, 1.807) is 0 Å². The monoisotopic (exact) mass is 276 g/mol. The van der Waals surface area contributed by atoms with Gasteiger partial charge >= 0.3 is 12.4 Å². The number of hydroxylamine groups is 2. The van der Waals surface area contributed by atoms with Gasteiger partial charge in [0.25, 0.3) is 0 Å². The molecule has 5 nitrogen and oxygen atoms in total. The number of amides is 2. The lowest BCUT2D eigenvalue weighted by molar-refractivity contribution is -0.274. The molecule has 0 saturated carbocycles. The first kappa shape index (κ1) is 13.5. The van der Waals surface area contributed by atoms with Crippen molar-refractivity contribution in [3.8, 4) is 5.75 Å². The molecule has 8 heteroatoms. The van der Waals surface area contributed by atoms with Crippen molar-refractivity contribution in [1.29, 1.82) is 0 Å². The molecule has 0 aromatic heterocycles. The number of nitrogens with one attached hydrogen (secondary N) is 1. The normalized spacial score (nSPS) is 15.4. The first-order valence-corrected chi connectivity index (χ1v) is 5.51. The summed E-state index contributed by atoms with van der Waals surface area (Å²) in [6.45, 7) is 0.965. The third kappa shape index (κ3) is 4.02. The molecule has 0 radical (unpaired) electrons. The average Bonchev–Trinajstić information content (AvgIpc) is 2.83. The molecule has 1 fully saturated rings. The molecule has 1 heterocycles. The molecule has 0 unspecified atom stereocenters. The van der Waals surface area contributed by atoms with Gasteiger partial charge in [0.15, 0.2) is 0 Å². The molecule has 1 N–H and O–H groups in total. The van der Waals surface area contributed by atoms with Crippen molar-refractivity contribution in [3.63, 3.8) is 0 Å². The molecule has 1 aromatic rings. The van der Waals surface area contributed by atoms with Crippen molar-refractivity contribution >= 4 is 11.7 Å². The maximum Gasteiger partial charge on any atom is 0.573 e. The van der Waals surface area contributed by atoms with Crippen LogP contribution in [0.4, 0.5) is 23.7 Å². The predicted octanol–water partition coefficient (Wildman–Crippen LogP) is 2.75. The zero-order chi connectivity index (χ0) is 13.9. The van der Waals surface area contributed by atoms with Gasteiger partial charge in [0.1, 0.15) is 5.75 Å². The van der Waals surface area contributed by atoms with Crippen LogP contribution in [0.25, 0.3) is 0 Å². The zero-order valence-electron chi connectivity index (χ0n) is 9.74. The molecule has 0 spiro atoms. The van der Waals surface area contributed by atoms with Gasteiger partial charge in [-0.15, -0.1) is 13.2 Å². The molecular weight excluding hydrogens is 265 g/mol. The Hall–Kier alpha value is -1.96. The summed E-state index contributed by atoms with van der Waals surface area (Å²) < 4.78 is 39.5. The van der Waals surface area contributed by atoms with Crippen molar-refractivity contribution in [1.82, 2.24) is 5.06 Å². The minimum absolute atomic E-state index is 0.345. The summed E-state index contributed by atoms with van der Waals surface area (Å²) in [4.78, 5) is 16.6. The molecule has 2 rings (SSSR count). The number of carbonyl (C=O) groups excluding carboxylic acids is 1. The standard InChI is InChI=1S/C11H11F3N2O3/c12-11(13,14)19-9-4-2-8(3-5-9)15-10(17)16-6-1-7-18-16/h2-5H,1,6-7H2,(H,15,17). The fraction of sp³-hybridized carbons (Fsp3) is 0.364. The van der Waals surface area contributed by atoms with Crippen molar-refractivity contribution in [2.45, 2.75) is 12.8 Å². The molecule has 19 heavy (non-hydrogen) atoms. The highest BCUT2D eigenvalue weighted by Crippen LogP contribution is 2.24. The van der Waals surface area contributed by atoms with Gasteiger partial charge < -0.3 is 10.1 Å². The van der Waals surface area contributed by atoms with Crippen LogP contribution in [0, 0.1) is 0 Å². The van der Waals surface area contributed by atoms with E-state index in [1.807, 2.05) is 0 Å². The van der Waals surface area contributed by atoms with Crippen LogP contribution >= 0.6 is 0 Å². The van der Waals surface area contributed by atoms with Crippen LogP contribution in [0.5, 0.6) is 5.75 Å². The summed E-state index contributed by atoms with van der Waals surface area (Å²) in [7, 11) is 0. The van der Waals surface area contributed by atoms with E-state index in [1.165, 1.54) is 17.2 Å². The second-order valence-electron chi connectivity index (χ2n) is 3.79.